The monoisotopic (exact) mass is 649 g/mol. The number of hydrogen-bond acceptors (Lipinski definition) is 8. The average molecular weight is 650 g/mol. The highest BCUT2D eigenvalue weighted by Gasteiger charge is 2.32. The van der Waals surface area contributed by atoms with Crippen LogP contribution in [0.25, 0.3) is 28.0 Å². The molecule has 1 aliphatic heterocycles. The van der Waals surface area contributed by atoms with Crippen LogP contribution in [0.4, 0.5) is 29.1 Å². The number of anilines is 2. The Kier molecular flexibility index (Phi) is 8.80. The molecule has 3 heterocycles. The van der Waals surface area contributed by atoms with Gasteiger partial charge in [-0.1, -0.05) is 18.2 Å². The molecule has 0 spiro atoms. The van der Waals surface area contributed by atoms with Gasteiger partial charge in [-0.05, 0) is 73.3 Å². The molecule has 0 saturated carbocycles. The van der Waals surface area contributed by atoms with Gasteiger partial charge < -0.3 is 20.9 Å². The summed E-state index contributed by atoms with van der Waals surface area (Å²) >= 11 is 0. The number of carbonyl (C=O) groups is 1. The number of hydrogen-bond donors (Lipinski definition) is 3. The number of carbonyl (C=O) groups excluding carboxylic acids is 1. The van der Waals surface area contributed by atoms with Crippen molar-refractivity contribution < 1.29 is 32.2 Å². The first-order valence-electron chi connectivity index (χ1n) is 14.8. The number of nitrogens with zero attached hydrogens (tertiary/aromatic N) is 5. The van der Waals surface area contributed by atoms with E-state index in [0.717, 1.165) is 49.8 Å². The molecule has 10 nitrogen and oxygen atoms in total. The highest BCUT2D eigenvalue weighted by atomic mass is 19.4. The molecule has 47 heavy (non-hydrogen) atoms. The third kappa shape index (κ3) is 6.60. The van der Waals surface area contributed by atoms with Gasteiger partial charge in [0.05, 0.1) is 35.0 Å². The van der Waals surface area contributed by atoms with Gasteiger partial charge in [0.15, 0.2) is 5.65 Å². The first kappa shape index (κ1) is 31.9. The van der Waals surface area contributed by atoms with Crippen molar-refractivity contribution in [1.82, 2.24) is 24.6 Å². The zero-order chi connectivity index (χ0) is 33.3. The van der Waals surface area contributed by atoms with E-state index in [1.165, 1.54) is 19.5 Å². The molecule has 0 bridgehead atoms. The minimum atomic E-state index is -4.75. The summed E-state index contributed by atoms with van der Waals surface area (Å²) in [7, 11) is 1.37. The normalized spacial score (nSPS) is 15.6. The molecule has 1 unspecified atom stereocenters. The van der Waals surface area contributed by atoms with Gasteiger partial charge in [-0.25, -0.2) is 19.0 Å². The fourth-order valence-corrected chi connectivity index (χ4v) is 5.81. The van der Waals surface area contributed by atoms with Crippen LogP contribution in [-0.4, -0.2) is 62.5 Å². The van der Waals surface area contributed by atoms with Gasteiger partial charge in [-0.2, -0.15) is 18.3 Å². The fraction of sp³-hybridized carbons (Fsp3) is 0.273. The first-order chi connectivity index (χ1) is 22.5. The van der Waals surface area contributed by atoms with E-state index in [-0.39, 0.29) is 29.9 Å². The Morgan fingerprint density at radius 3 is 2.60 bits per heavy atom. The van der Waals surface area contributed by atoms with Crippen molar-refractivity contribution in [3.05, 3.63) is 89.5 Å². The van der Waals surface area contributed by atoms with Crippen molar-refractivity contribution in [1.29, 1.82) is 0 Å². The molecule has 2 aromatic heterocycles. The number of aliphatic hydroxyl groups is 1. The predicted molar refractivity (Wildman–Crippen MR) is 168 cm³/mol. The second-order valence-corrected chi connectivity index (χ2v) is 11.4. The fourth-order valence-electron chi connectivity index (χ4n) is 5.81. The number of amides is 1. The van der Waals surface area contributed by atoms with E-state index in [9.17, 15) is 27.5 Å². The number of benzene rings is 3. The largest absolute Gasteiger partial charge is 0.495 e. The smallest absolute Gasteiger partial charge is 0.416 e. The number of likely N-dealkylation sites (tertiary alicyclic amines) is 1. The number of piperidine rings is 1. The highest BCUT2D eigenvalue weighted by Crippen LogP contribution is 2.37. The second kappa shape index (κ2) is 13.0. The Hall–Kier alpha value is -5.08. The standard InChI is InChI=1S/C33H31F4N7O3/c1-47-27-13-21(6-11-26(27)41-32(46)24-10-7-22(14-25(24)34)33(35,36)37)29-28-30(38)39-18-40-31(28)44(42-29)23-8-4-19(5-9-23)15-43-12-2-3-20(16-43)17-45/h4-11,13-14,18,20,45H,2-3,12,15-17H2,1H3,(H,41,46)(H2,38,39,40). The zero-order valence-electron chi connectivity index (χ0n) is 25.3. The molecular weight excluding hydrogens is 618 g/mol. The van der Waals surface area contributed by atoms with Crippen molar-refractivity contribution in [2.45, 2.75) is 25.6 Å². The van der Waals surface area contributed by atoms with E-state index in [1.54, 1.807) is 16.8 Å². The quantitative estimate of drug-likeness (QED) is 0.183. The number of aliphatic hydroxyl groups excluding tert-OH is 1. The molecule has 14 heteroatoms. The summed E-state index contributed by atoms with van der Waals surface area (Å²) in [6, 6.07) is 14.4. The van der Waals surface area contributed by atoms with Crippen LogP contribution < -0.4 is 15.8 Å². The number of fused-ring (bicyclic) bond motifs is 1. The number of aromatic nitrogens is 4. The number of halogens is 4. The van der Waals surface area contributed by atoms with Crippen LogP contribution in [0, 0.1) is 11.7 Å². The van der Waals surface area contributed by atoms with Crippen molar-refractivity contribution in [3.8, 4) is 22.7 Å². The molecule has 4 N–H and O–H groups in total. The lowest BCUT2D eigenvalue weighted by molar-refractivity contribution is -0.137. The Labute approximate surface area is 266 Å². The van der Waals surface area contributed by atoms with Crippen molar-refractivity contribution in [2.75, 3.05) is 37.9 Å². The molecule has 1 atom stereocenters. The number of rotatable bonds is 8. The van der Waals surface area contributed by atoms with Gasteiger partial charge in [0.2, 0.25) is 0 Å². The maximum absolute atomic E-state index is 14.4. The van der Waals surface area contributed by atoms with Crippen LogP contribution in [0.1, 0.15) is 34.3 Å². The molecule has 1 aliphatic rings. The molecular formula is C33H31F4N7O3. The molecule has 0 radical (unpaired) electrons. The van der Waals surface area contributed by atoms with Crippen LogP contribution >= 0.6 is 0 Å². The predicted octanol–water partition coefficient (Wildman–Crippen LogP) is 5.69. The maximum Gasteiger partial charge on any atom is 0.416 e. The van der Waals surface area contributed by atoms with Crippen LogP contribution in [0.5, 0.6) is 5.75 Å². The van der Waals surface area contributed by atoms with E-state index >= 15 is 0 Å². The van der Waals surface area contributed by atoms with Gasteiger partial charge in [0.25, 0.3) is 5.91 Å². The SMILES string of the molecule is COc1cc(-c2nn(-c3ccc(CN4CCCC(CO)C4)cc3)c3ncnc(N)c23)ccc1NC(=O)c1ccc(C(F)(F)F)cc1F. The van der Waals surface area contributed by atoms with Crippen LogP contribution in [0.2, 0.25) is 0 Å². The van der Waals surface area contributed by atoms with E-state index in [1.807, 2.05) is 24.3 Å². The minimum absolute atomic E-state index is 0.156. The number of alkyl halides is 3. The minimum Gasteiger partial charge on any atom is -0.495 e. The maximum atomic E-state index is 14.4. The molecule has 3 aromatic carbocycles. The first-order valence-corrected chi connectivity index (χ1v) is 14.8. The summed E-state index contributed by atoms with van der Waals surface area (Å²) < 4.78 is 60.4. The number of ether oxygens (including phenoxy) is 1. The lowest BCUT2D eigenvalue weighted by Gasteiger charge is -2.31. The van der Waals surface area contributed by atoms with Gasteiger partial charge in [0, 0.05) is 25.3 Å². The lowest BCUT2D eigenvalue weighted by Crippen LogP contribution is -2.36. The molecule has 244 valence electrons. The summed E-state index contributed by atoms with van der Waals surface area (Å²) in [5, 5.41) is 17.4. The van der Waals surface area contributed by atoms with Crippen molar-refractivity contribution in [3.63, 3.8) is 0 Å². The molecule has 0 aliphatic carbocycles. The van der Waals surface area contributed by atoms with Crippen LogP contribution in [-0.2, 0) is 12.7 Å². The number of nitrogens with two attached hydrogens (primary N) is 1. The average Bonchev–Trinajstić information content (AvgIpc) is 3.46. The van der Waals surface area contributed by atoms with Gasteiger partial charge in [-0.3, -0.25) is 9.69 Å². The summed E-state index contributed by atoms with van der Waals surface area (Å²) in [6.07, 6.45) is -1.30. The Bertz CT molecular complexity index is 1930. The highest BCUT2D eigenvalue weighted by molar-refractivity contribution is 6.06. The molecule has 1 saturated heterocycles. The van der Waals surface area contributed by atoms with E-state index in [0.29, 0.717) is 34.3 Å². The number of nitrogen functional groups attached to an aromatic ring is 1. The Balaban J connectivity index is 1.28. The molecule has 6 rings (SSSR count). The molecule has 1 amide bonds. The summed E-state index contributed by atoms with van der Waals surface area (Å²) in [6.45, 7) is 2.81. The van der Waals surface area contributed by atoms with Gasteiger partial charge in [-0.15, -0.1) is 0 Å². The third-order valence-corrected chi connectivity index (χ3v) is 8.21. The van der Waals surface area contributed by atoms with Crippen LogP contribution in [0.15, 0.2) is 67.0 Å². The third-order valence-electron chi connectivity index (χ3n) is 8.21. The van der Waals surface area contributed by atoms with Crippen molar-refractivity contribution >= 4 is 28.4 Å². The summed E-state index contributed by atoms with van der Waals surface area (Å²) in [4.78, 5) is 23.8. The van der Waals surface area contributed by atoms with Gasteiger partial charge in [0.1, 0.15) is 29.4 Å². The molecule has 5 aromatic rings. The Morgan fingerprint density at radius 2 is 1.89 bits per heavy atom. The second-order valence-electron chi connectivity index (χ2n) is 11.4. The summed E-state index contributed by atoms with van der Waals surface area (Å²) in [5.41, 5.74) is 8.01. The topological polar surface area (TPSA) is 131 Å². The van der Waals surface area contributed by atoms with Crippen LogP contribution in [0.3, 0.4) is 0 Å². The van der Waals surface area contributed by atoms with Crippen molar-refractivity contribution in [2.24, 2.45) is 5.92 Å². The van der Waals surface area contributed by atoms with E-state index < -0.39 is 29.0 Å². The molecule has 1 fully saturated rings. The number of nitrogens with one attached hydrogen (secondary N) is 1. The van der Waals surface area contributed by atoms with E-state index in [2.05, 4.69) is 20.2 Å². The number of methoxy groups -OCH3 is 1. The zero-order valence-corrected chi connectivity index (χ0v) is 25.3. The van der Waals surface area contributed by atoms with E-state index in [4.69, 9.17) is 15.6 Å². The summed E-state index contributed by atoms with van der Waals surface area (Å²) in [5.74, 6) is -1.58. The lowest BCUT2D eigenvalue weighted by atomic mass is 9.98. The van der Waals surface area contributed by atoms with Gasteiger partial charge >= 0.3 is 6.18 Å². The Morgan fingerprint density at radius 1 is 1.11 bits per heavy atom.